The molecule has 4 nitrogen and oxygen atoms in total. The lowest BCUT2D eigenvalue weighted by molar-refractivity contribution is 0.198. The second-order valence-electron chi connectivity index (χ2n) is 6.19. The molecule has 2 aliphatic rings. The van der Waals surface area contributed by atoms with Gasteiger partial charge < -0.3 is 14.5 Å². The molecule has 2 aliphatic heterocycles. The van der Waals surface area contributed by atoms with Gasteiger partial charge in [-0.15, -0.1) is 0 Å². The van der Waals surface area contributed by atoms with Crippen LogP contribution in [0.5, 0.6) is 0 Å². The largest absolute Gasteiger partial charge is 0.381 e. The Bertz CT molecular complexity index is 403. The molecule has 1 aromatic rings. The number of pyridine rings is 1. The molecule has 3 rings (SSSR count). The Labute approximate surface area is 129 Å². The van der Waals surface area contributed by atoms with E-state index in [-0.39, 0.29) is 0 Å². The van der Waals surface area contributed by atoms with E-state index in [9.17, 15) is 0 Å². The Hall–Kier alpha value is -1.13. The molecule has 21 heavy (non-hydrogen) atoms. The zero-order chi connectivity index (χ0) is 15.1. The van der Waals surface area contributed by atoms with Gasteiger partial charge >= 0.3 is 0 Å². The molecule has 3 heterocycles. The first kappa shape index (κ1) is 16.2. The van der Waals surface area contributed by atoms with Gasteiger partial charge in [0.2, 0.25) is 0 Å². The molecule has 1 aromatic heterocycles. The minimum absolute atomic E-state index is 0.507. The Morgan fingerprint density at radius 3 is 2.24 bits per heavy atom. The van der Waals surface area contributed by atoms with Crippen molar-refractivity contribution >= 4 is 5.82 Å². The smallest absolute Gasteiger partial charge is 0.128 e. The summed E-state index contributed by atoms with van der Waals surface area (Å²) in [7, 11) is 2.18. The van der Waals surface area contributed by atoms with Crippen LogP contribution in [0.1, 0.15) is 38.3 Å². The van der Waals surface area contributed by atoms with E-state index < -0.39 is 0 Å². The molecular weight excluding hydrogens is 262 g/mol. The molecule has 0 atom stereocenters. The molecule has 0 unspecified atom stereocenters. The summed E-state index contributed by atoms with van der Waals surface area (Å²) in [4.78, 5) is 9.47. The Kier molecular flexibility index (Phi) is 6.46. The highest BCUT2D eigenvalue weighted by Gasteiger charge is 2.15. The average molecular weight is 291 g/mol. The van der Waals surface area contributed by atoms with Gasteiger partial charge in [-0.3, -0.25) is 0 Å². The van der Waals surface area contributed by atoms with Gasteiger partial charge in [-0.1, -0.05) is 19.9 Å². The van der Waals surface area contributed by atoms with Crippen molar-refractivity contribution < 1.29 is 4.74 Å². The molecule has 0 aliphatic carbocycles. The quantitative estimate of drug-likeness (QED) is 0.838. The van der Waals surface area contributed by atoms with Crippen LogP contribution in [0.2, 0.25) is 0 Å². The normalized spacial score (nSPS) is 19.5. The number of likely N-dealkylation sites (N-methyl/N-ethyl adjacent to an activating group) is 1. The molecule has 2 saturated heterocycles. The topological polar surface area (TPSA) is 28.6 Å². The van der Waals surface area contributed by atoms with Crippen molar-refractivity contribution in [2.75, 3.05) is 51.3 Å². The molecular formula is C17H29N3O. The van der Waals surface area contributed by atoms with E-state index in [1.165, 1.54) is 18.5 Å². The van der Waals surface area contributed by atoms with Crippen LogP contribution in [-0.2, 0) is 4.74 Å². The van der Waals surface area contributed by atoms with Crippen LogP contribution < -0.4 is 4.90 Å². The second kappa shape index (κ2) is 8.35. The molecule has 2 fully saturated rings. The Morgan fingerprint density at radius 1 is 1.05 bits per heavy atom. The maximum Gasteiger partial charge on any atom is 0.128 e. The van der Waals surface area contributed by atoms with E-state index in [2.05, 4.69) is 48.9 Å². The average Bonchev–Trinajstić information content (AvgIpc) is 3.07. The van der Waals surface area contributed by atoms with E-state index in [1.807, 2.05) is 0 Å². The van der Waals surface area contributed by atoms with Crippen LogP contribution in [0.3, 0.4) is 0 Å². The van der Waals surface area contributed by atoms with Gasteiger partial charge in [-0.25, -0.2) is 4.98 Å². The van der Waals surface area contributed by atoms with Gasteiger partial charge in [0.15, 0.2) is 0 Å². The number of ether oxygens (including phenoxy) is 1. The number of nitrogens with zero attached hydrogens (tertiary/aromatic N) is 3. The van der Waals surface area contributed by atoms with Gasteiger partial charge in [0.05, 0.1) is 0 Å². The Morgan fingerprint density at radius 2 is 1.71 bits per heavy atom. The standard InChI is InChI=1S/C13H21N3.C4H8O/c1-11(2)12-5-4-6-13(14-12)16-9-7-15(3)8-10-16;1-2-4-5-3-1/h4-6,11H,7-10H2,1-3H3;1-4H2. The summed E-state index contributed by atoms with van der Waals surface area (Å²) in [6.07, 6.45) is 2.56. The van der Waals surface area contributed by atoms with Gasteiger partial charge in [0.25, 0.3) is 0 Å². The van der Waals surface area contributed by atoms with E-state index in [4.69, 9.17) is 9.72 Å². The number of aromatic nitrogens is 1. The zero-order valence-electron chi connectivity index (χ0n) is 13.7. The summed E-state index contributed by atoms with van der Waals surface area (Å²) >= 11 is 0. The van der Waals surface area contributed by atoms with E-state index in [1.54, 1.807) is 0 Å². The summed E-state index contributed by atoms with van der Waals surface area (Å²) in [5.74, 6) is 1.65. The van der Waals surface area contributed by atoms with Crippen molar-refractivity contribution in [3.05, 3.63) is 23.9 Å². The highest BCUT2D eigenvalue weighted by atomic mass is 16.5. The van der Waals surface area contributed by atoms with E-state index in [0.717, 1.165) is 45.2 Å². The number of piperazine rings is 1. The number of hydrogen-bond acceptors (Lipinski definition) is 4. The predicted octanol–water partition coefficient (Wildman–Crippen LogP) is 2.75. The first-order valence-electron chi connectivity index (χ1n) is 8.15. The molecule has 0 bridgehead atoms. The molecule has 0 amide bonds. The summed E-state index contributed by atoms with van der Waals surface area (Å²) in [5, 5.41) is 0. The number of anilines is 1. The molecule has 118 valence electrons. The summed E-state index contributed by atoms with van der Waals surface area (Å²) in [6, 6.07) is 6.36. The molecule has 4 heteroatoms. The van der Waals surface area contributed by atoms with Crippen LogP contribution in [0.25, 0.3) is 0 Å². The molecule has 0 saturated carbocycles. The van der Waals surface area contributed by atoms with Crippen molar-refractivity contribution in [1.82, 2.24) is 9.88 Å². The minimum Gasteiger partial charge on any atom is -0.381 e. The van der Waals surface area contributed by atoms with Crippen LogP contribution in [0.4, 0.5) is 5.82 Å². The third-order valence-corrected chi connectivity index (χ3v) is 4.00. The van der Waals surface area contributed by atoms with Crippen molar-refractivity contribution in [3.63, 3.8) is 0 Å². The Balaban J connectivity index is 0.000000272. The third kappa shape index (κ3) is 5.29. The number of rotatable bonds is 2. The minimum atomic E-state index is 0.507. The fourth-order valence-electron chi connectivity index (χ4n) is 2.48. The fraction of sp³-hybridized carbons (Fsp3) is 0.706. The van der Waals surface area contributed by atoms with Gasteiger partial charge in [0.1, 0.15) is 5.82 Å². The summed E-state index contributed by atoms with van der Waals surface area (Å²) in [5.41, 5.74) is 1.19. The van der Waals surface area contributed by atoms with E-state index >= 15 is 0 Å². The van der Waals surface area contributed by atoms with Crippen molar-refractivity contribution in [2.24, 2.45) is 0 Å². The lowest BCUT2D eigenvalue weighted by Crippen LogP contribution is -2.44. The first-order chi connectivity index (χ1) is 10.2. The predicted molar refractivity (Wildman–Crippen MR) is 88.1 cm³/mol. The van der Waals surface area contributed by atoms with Crippen LogP contribution >= 0.6 is 0 Å². The maximum absolute atomic E-state index is 4.94. The second-order valence-corrected chi connectivity index (χ2v) is 6.19. The van der Waals surface area contributed by atoms with Crippen molar-refractivity contribution in [3.8, 4) is 0 Å². The summed E-state index contributed by atoms with van der Waals surface area (Å²) < 4.78 is 4.94. The van der Waals surface area contributed by atoms with Crippen LogP contribution in [0, 0.1) is 0 Å². The van der Waals surface area contributed by atoms with Crippen LogP contribution in [0.15, 0.2) is 18.2 Å². The highest BCUT2D eigenvalue weighted by molar-refractivity contribution is 5.40. The SMILES string of the molecule is C1CCOC1.CC(C)c1cccc(N2CCN(C)CC2)n1. The third-order valence-electron chi connectivity index (χ3n) is 4.00. The van der Waals surface area contributed by atoms with Gasteiger partial charge in [0, 0.05) is 45.1 Å². The fourth-order valence-corrected chi connectivity index (χ4v) is 2.48. The molecule has 0 spiro atoms. The lowest BCUT2D eigenvalue weighted by atomic mass is 10.1. The van der Waals surface area contributed by atoms with Gasteiger partial charge in [-0.05, 0) is 37.9 Å². The lowest BCUT2D eigenvalue weighted by Gasteiger charge is -2.33. The van der Waals surface area contributed by atoms with Crippen LogP contribution in [-0.4, -0.2) is 56.3 Å². The maximum atomic E-state index is 4.94. The molecule has 0 aromatic carbocycles. The van der Waals surface area contributed by atoms with Crippen molar-refractivity contribution in [2.45, 2.75) is 32.6 Å². The monoisotopic (exact) mass is 291 g/mol. The first-order valence-corrected chi connectivity index (χ1v) is 8.15. The van der Waals surface area contributed by atoms with E-state index in [0.29, 0.717) is 5.92 Å². The zero-order valence-corrected chi connectivity index (χ0v) is 13.7. The van der Waals surface area contributed by atoms with Crippen molar-refractivity contribution in [1.29, 1.82) is 0 Å². The highest BCUT2D eigenvalue weighted by Crippen LogP contribution is 2.18. The summed E-state index contributed by atoms with van der Waals surface area (Å²) in [6.45, 7) is 10.8. The molecule has 0 N–H and O–H groups in total. The molecule has 0 radical (unpaired) electrons. The number of hydrogen-bond donors (Lipinski definition) is 0. The van der Waals surface area contributed by atoms with Gasteiger partial charge in [-0.2, -0.15) is 0 Å².